The third-order valence-corrected chi connectivity index (χ3v) is 2.82. The van der Waals surface area contributed by atoms with Crippen LogP contribution in [0, 0.1) is 11.3 Å². The van der Waals surface area contributed by atoms with Crippen molar-refractivity contribution in [3.8, 4) is 23.1 Å². The van der Waals surface area contributed by atoms with Crippen molar-refractivity contribution in [2.24, 2.45) is 0 Å². The molecule has 0 aliphatic carbocycles. The van der Waals surface area contributed by atoms with Crippen LogP contribution in [0.15, 0.2) is 30.6 Å². The Morgan fingerprint density at radius 1 is 1.30 bits per heavy atom. The van der Waals surface area contributed by atoms with Crippen LogP contribution in [0.25, 0.3) is 11.3 Å². The fourth-order valence-electron chi connectivity index (χ4n) is 1.87. The van der Waals surface area contributed by atoms with Crippen LogP contribution in [0.2, 0.25) is 0 Å². The average molecular weight is 268 g/mol. The smallest absolute Gasteiger partial charge is 0.152 e. The van der Waals surface area contributed by atoms with Gasteiger partial charge in [-0.05, 0) is 24.6 Å². The van der Waals surface area contributed by atoms with Crippen molar-refractivity contribution in [3.05, 3.63) is 36.2 Å². The molecule has 102 valence electrons. The number of anilines is 1. The Morgan fingerprint density at radius 2 is 2.10 bits per heavy atom. The molecule has 20 heavy (non-hydrogen) atoms. The number of nitrogens with one attached hydrogen (secondary N) is 1. The Kier molecular flexibility index (Phi) is 4.51. The van der Waals surface area contributed by atoms with Crippen LogP contribution in [0.1, 0.15) is 18.9 Å². The molecule has 1 heterocycles. The third kappa shape index (κ3) is 2.86. The largest absolute Gasteiger partial charge is 0.496 e. The molecular formula is C15H16N4O. The van der Waals surface area contributed by atoms with E-state index in [1.165, 1.54) is 0 Å². The molecule has 0 amide bonds. The highest BCUT2D eigenvalue weighted by atomic mass is 16.5. The fourth-order valence-corrected chi connectivity index (χ4v) is 1.87. The van der Waals surface area contributed by atoms with Gasteiger partial charge in [0.2, 0.25) is 0 Å². The molecule has 0 saturated carbocycles. The van der Waals surface area contributed by atoms with E-state index in [0.717, 1.165) is 18.5 Å². The summed E-state index contributed by atoms with van der Waals surface area (Å²) in [7, 11) is 1.60. The molecule has 0 radical (unpaired) electrons. The van der Waals surface area contributed by atoms with Crippen LogP contribution in [-0.4, -0.2) is 23.6 Å². The molecule has 1 aromatic heterocycles. The van der Waals surface area contributed by atoms with Gasteiger partial charge in [0.05, 0.1) is 18.7 Å². The van der Waals surface area contributed by atoms with Crippen LogP contribution in [0.5, 0.6) is 5.75 Å². The molecule has 2 aromatic rings. The SMILES string of the molecule is CCCNc1nccnc1-c1cc(C#N)ccc1OC. The highest BCUT2D eigenvalue weighted by molar-refractivity contribution is 5.77. The number of hydrogen-bond acceptors (Lipinski definition) is 5. The molecule has 0 spiro atoms. The summed E-state index contributed by atoms with van der Waals surface area (Å²) in [4.78, 5) is 8.68. The maximum absolute atomic E-state index is 9.04. The lowest BCUT2D eigenvalue weighted by Crippen LogP contribution is -2.05. The Bertz CT molecular complexity index is 634. The van der Waals surface area contributed by atoms with Gasteiger partial charge in [0.15, 0.2) is 5.82 Å². The molecule has 0 unspecified atom stereocenters. The van der Waals surface area contributed by atoms with Crippen molar-refractivity contribution in [3.63, 3.8) is 0 Å². The normalized spacial score (nSPS) is 9.85. The summed E-state index contributed by atoms with van der Waals surface area (Å²) < 4.78 is 5.35. The number of rotatable bonds is 5. The first-order valence-corrected chi connectivity index (χ1v) is 6.43. The van der Waals surface area contributed by atoms with Crippen molar-refractivity contribution < 1.29 is 4.74 Å². The van der Waals surface area contributed by atoms with E-state index >= 15 is 0 Å². The van der Waals surface area contributed by atoms with Crippen molar-refractivity contribution in [1.82, 2.24) is 9.97 Å². The Labute approximate surface area is 118 Å². The van der Waals surface area contributed by atoms with Crippen LogP contribution < -0.4 is 10.1 Å². The first-order chi connectivity index (χ1) is 9.80. The summed E-state index contributed by atoms with van der Waals surface area (Å²) in [5, 5.41) is 12.3. The molecule has 0 aliphatic heterocycles. The molecule has 0 saturated heterocycles. The van der Waals surface area contributed by atoms with Crippen LogP contribution in [0.3, 0.4) is 0 Å². The van der Waals surface area contributed by atoms with E-state index in [4.69, 9.17) is 10.00 Å². The minimum atomic E-state index is 0.563. The second kappa shape index (κ2) is 6.53. The summed E-state index contributed by atoms with van der Waals surface area (Å²) in [6, 6.07) is 7.38. The highest BCUT2D eigenvalue weighted by Gasteiger charge is 2.13. The number of benzene rings is 1. The molecule has 0 atom stereocenters. The first-order valence-electron chi connectivity index (χ1n) is 6.43. The van der Waals surface area contributed by atoms with Crippen molar-refractivity contribution >= 4 is 5.82 Å². The number of ether oxygens (including phenoxy) is 1. The van der Waals surface area contributed by atoms with Gasteiger partial charge in [0.1, 0.15) is 11.4 Å². The number of hydrogen-bond donors (Lipinski definition) is 1. The number of nitriles is 1. The van der Waals surface area contributed by atoms with E-state index in [-0.39, 0.29) is 0 Å². The zero-order valence-electron chi connectivity index (χ0n) is 11.6. The molecule has 0 bridgehead atoms. The van der Waals surface area contributed by atoms with Crippen LogP contribution in [-0.2, 0) is 0 Å². The molecule has 0 fully saturated rings. The zero-order chi connectivity index (χ0) is 14.4. The molecule has 0 aliphatic rings. The van der Waals surface area contributed by atoms with Gasteiger partial charge in [0.25, 0.3) is 0 Å². The minimum Gasteiger partial charge on any atom is -0.496 e. The predicted molar refractivity (Wildman–Crippen MR) is 77.5 cm³/mol. The number of methoxy groups -OCH3 is 1. The molecular weight excluding hydrogens is 252 g/mol. The highest BCUT2D eigenvalue weighted by Crippen LogP contribution is 2.32. The monoisotopic (exact) mass is 268 g/mol. The van der Waals surface area contributed by atoms with Gasteiger partial charge in [-0.2, -0.15) is 5.26 Å². The van der Waals surface area contributed by atoms with E-state index < -0.39 is 0 Å². The predicted octanol–water partition coefficient (Wildman–Crippen LogP) is 2.85. The Morgan fingerprint density at radius 3 is 2.80 bits per heavy atom. The fraction of sp³-hybridized carbons (Fsp3) is 0.267. The maximum atomic E-state index is 9.04. The number of nitrogens with zero attached hydrogens (tertiary/aromatic N) is 3. The average Bonchev–Trinajstić information content (AvgIpc) is 2.52. The molecule has 5 nitrogen and oxygen atoms in total. The second-order valence-corrected chi connectivity index (χ2v) is 4.21. The van der Waals surface area contributed by atoms with E-state index in [1.807, 2.05) is 0 Å². The van der Waals surface area contributed by atoms with E-state index in [2.05, 4.69) is 28.3 Å². The van der Waals surface area contributed by atoms with Crippen LogP contribution in [0.4, 0.5) is 5.82 Å². The van der Waals surface area contributed by atoms with Gasteiger partial charge in [-0.25, -0.2) is 4.98 Å². The van der Waals surface area contributed by atoms with Crippen molar-refractivity contribution in [1.29, 1.82) is 5.26 Å². The minimum absolute atomic E-state index is 0.563. The van der Waals surface area contributed by atoms with Gasteiger partial charge in [-0.1, -0.05) is 6.92 Å². The van der Waals surface area contributed by atoms with Gasteiger partial charge in [-0.3, -0.25) is 4.98 Å². The molecule has 1 aromatic carbocycles. The van der Waals surface area contributed by atoms with Gasteiger partial charge in [0, 0.05) is 24.5 Å². The Balaban J connectivity index is 2.52. The van der Waals surface area contributed by atoms with Crippen molar-refractivity contribution in [2.45, 2.75) is 13.3 Å². The Hall–Kier alpha value is -2.61. The van der Waals surface area contributed by atoms with Gasteiger partial charge >= 0.3 is 0 Å². The molecule has 2 rings (SSSR count). The summed E-state index contributed by atoms with van der Waals surface area (Å²) in [6.07, 6.45) is 4.26. The summed E-state index contributed by atoms with van der Waals surface area (Å²) >= 11 is 0. The van der Waals surface area contributed by atoms with Gasteiger partial charge < -0.3 is 10.1 Å². The second-order valence-electron chi connectivity index (χ2n) is 4.21. The molecule has 5 heteroatoms. The summed E-state index contributed by atoms with van der Waals surface area (Å²) in [5.74, 6) is 1.37. The molecule has 1 N–H and O–H groups in total. The van der Waals surface area contributed by atoms with Crippen LogP contribution >= 0.6 is 0 Å². The zero-order valence-corrected chi connectivity index (χ0v) is 11.6. The number of aromatic nitrogens is 2. The quantitative estimate of drug-likeness (QED) is 0.902. The van der Waals surface area contributed by atoms with E-state index in [1.54, 1.807) is 37.7 Å². The lowest BCUT2D eigenvalue weighted by molar-refractivity contribution is 0.416. The van der Waals surface area contributed by atoms with Crippen molar-refractivity contribution in [2.75, 3.05) is 19.0 Å². The lowest BCUT2D eigenvalue weighted by Gasteiger charge is -2.12. The summed E-state index contributed by atoms with van der Waals surface area (Å²) in [5.41, 5.74) is 2.01. The lowest BCUT2D eigenvalue weighted by atomic mass is 10.1. The standard InChI is InChI=1S/C15H16N4O/c1-3-6-18-15-14(17-7-8-19-15)12-9-11(10-16)4-5-13(12)20-2/h4-5,7-9H,3,6H2,1-2H3,(H,18,19). The first kappa shape index (κ1) is 13.8. The summed E-state index contributed by atoms with van der Waals surface area (Å²) in [6.45, 7) is 2.89. The van der Waals surface area contributed by atoms with E-state index in [0.29, 0.717) is 22.8 Å². The maximum Gasteiger partial charge on any atom is 0.152 e. The third-order valence-electron chi connectivity index (χ3n) is 2.82. The van der Waals surface area contributed by atoms with E-state index in [9.17, 15) is 0 Å². The van der Waals surface area contributed by atoms with Gasteiger partial charge in [-0.15, -0.1) is 0 Å². The topological polar surface area (TPSA) is 70.8 Å².